The Kier molecular flexibility index (Phi) is 9.10. The molecule has 2 unspecified atom stereocenters. The van der Waals surface area contributed by atoms with Crippen LogP contribution in [0.4, 0.5) is 17.6 Å². The number of fused-ring (bicyclic) bond motifs is 2. The van der Waals surface area contributed by atoms with Gasteiger partial charge in [0.05, 0.1) is 6.54 Å². The second kappa shape index (κ2) is 9.94. The average molecular weight is 438 g/mol. The summed E-state index contributed by atoms with van der Waals surface area (Å²) in [5.74, 6) is -3.11. The van der Waals surface area contributed by atoms with Crippen LogP contribution in [-0.2, 0) is 4.79 Å². The molecular weight excluding hydrogens is 409 g/mol. The van der Waals surface area contributed by atoms with Crippen LogP contribution in [0.5, 0.6) is 0 Å². The van der Waals surface area contributed by atoms with Crippen molar-refractivity contribution >= 4 is 30.7 Å². The van der Waals surface area contributed by atoms with Crippen molar-refractivity contribution in [3.63, 3.8) is 0 Å². The van der Waals surface area contributed by atoms with Gasteiger partial charge in [-0.25, -0.2) is 8.78 Å². The summed E-state index contributed by atoms with van der Waals surface area (Å²) in [6, 6.07) is 0.200. The van der Waals surface area contributed by atoms with E-state index in [1.807, 2.05) is 0 Å². The van der Waals surface area contributed by atoms with Gasteiger partial charge < -0.3 is 10.6 Å². The molecule has 27 heavy (non-hydrogen) atoms. The Morgan fingerprint density at radius 2 is 1.56 bits per heavy atom. The Balaban J connectivity index is 0.00000182. The van der Waals surface area contributed by atoms with Gasteiger partial charge in [0.1, 0.15) is 0 Å². The predicted octanol–water partition coefficient (Wildman–Crippen LogP) is 3.03. The van der Waals surface area contributed by atoms with Gasteiger partial charge in [0.25, 0.3) is 0 Å². The Hall–Kier alpha value is -0.310. The van der Waals surface area contributed by atoms with E-state index in [9.17, 15) is 22.4 Å². The Morgan fingerprint density at radius 1 is 1.04 bits per heavy atom. The maximum absolute atomic E-state index is 13.2. The minimum Gasteiger partial charge on any atom is -0.340 e. The van der Waals surface area contributed by atoms with Gasteiger partial charge in [-0.3, -0.25) is 9.69 Å². The second-order valence-corrected chi connectivity index (χ2v) is 7.86. The van der Waals surface area contributed by atoms with Crippen molar-refractivity contribution in [2.24, 2.45) is 23.5 Å². The lowest BCUT2D eigenvalue weighted by molar-refractivity contribution is -0.150. The monoisotopic (exact) mass is 437 g/mol. The quantitative estimate of drug-likeness (QED) is 0.687. The summed E-state index contributed by atoms with van der Waals surface area (Å²) < 4.78 is 50.9. The summed E-state index contributed by atoms with van der Waals surface area (Å²) >= 11 is 0. The molecule has 4 nitrogen and oxygen atoms in total. The largest absolute Gasteiger partial charge is 0.340 e. The number of carbonyl (C=O) groups excluding carboxylic acids is 1. The maximum atomic E-state index is 13.2. The lowest BCUT2D eigenvalue weighted by Gasteiger charge is -2.45. The van der Waals surface area contributed by atoms with Crippen LogP contribution in [0.2, 0.25) is 0 Å². The molecule has 10 heteroatoms. The highest BCUT2D eigenvalue weighted by molar-refractivity contribution is 5.85. The summed E-state index contributed by atoms with van der Waals surface area (Å²) in [5, 5.41) is 0. The normalized spacial score (nSPS) is 31.9. The van der Waals surface area contributed by atoms with Crippen molar-refractivity contribution in [3.05, 3.63) is 0 Å². The zero-order valence-corrected chi connectivity index (χ0v) is 16.8. The van der Waals surface area contributed by atoms with E-state index in [1.54, 1.807) is 4.90 Å². The molecule has 0 aromatic heterocycles. The predicted molar refractivity (Wildman–Crippen MR) is 100.0 cm³/mol. The molecule has 3 fully saturated rings. The van der Waals surface area contributed by atoms with E-state index >= 15 is 0 Å². The summed E-state index contributed by atoms with van der Waals surface area (Å²) in [4.78, 5) is 15.8. The third-order valence-electron chi connectivity index (χ3n) is 6.20. The first-order valence-corrected chi connectivity index (χ1v) is 9.20. The number of hydrogen-bond donors (Lipinski definition) is 1. The number of amides is 1. The molecule has 3 aliphatic rings. The lowest BCUT2D eigenvalue weighted by atomic mass is 9.65. The van der Waals surface area contributed by atoms with Crippen LogP contribution in [0.15, 0.2) is 0 Å². The fourth-order valence-electron chi connectivity index (χ4n) is 4.74. The van der Waals surface area contributed by atoms with Gasteiger partial charge in [0, 0.05) is 38.1 Å². The van der Waals surface area contributed by atoms with E-state index in [1.165, 1.54) is 11.3 Å². The van der Waals surface area contributed by atoms with Crippen molar-refractivity contribution in [1.82, 2.24) is 9.80 Å². The van der Waals surface area contributed by atoms with Crippen molar-refractivity contribution in [2.75, 3.05) is 32.7 Å². The van der Waals surface area contributed by atoms with E-state index in [4.69, 9.17) is 5.73 Å². The van der Waals surface area contributed by atoms with E-state index in [-0.39, 0.29) is 55.8 Å². The molecule has 0 aromatic carbocycles. The topological polar surface area (TPSA) is 49.6 Å². The molecular formula is C17H29Cl2F4N3O. The molecule has 2 saturated carbocycles. The molecule has 2 atom stereocenters. The molecule has 0 aromatic rings. The Labute approximate surface area is 170 Å². The van der Waals surface area contributed by atoms with E-state index in [2.05, 4.69) is 0 Å². The van der Waals surface area contributed by atoms with Gasteiger partial charge in [-0.2, -0.15) is 8.78 Å². The lowest BCUT2D eigenvalue weighted by Crippen LogP contribution is -2.55. The number of nitrogens with zero attached hydrogens (tertiary/aromatic N) is 2. The van der Waals surface area contributed by atoms with Gasteiger partial charge in [-0.05, 0) is 37.5 Å². The number of carbonyl (C=O) groups is 1. The summed E-state index contributed by atoms with van der Waals surface area (Å²) in [6.45, 7) is 0.140. The number of hydrogen-bond acceptors (Lipinski definition) is 3. The Morgan fingerprint density at radius 3 is 2.04 bits per heavy atom. The molecule has 1 heterocycles. The van der Waals surface area contributed by atoms with E-state index in [0.717, 1.165) is 25.7 Å². The van der Waals surface area contributed by atoms with Crippen LogP contribution in [0, 0.1) is 17.8 Å². The molecule has 1 amide bonds. The smallest absolute Gasteiger partial charge is 0.319 e. The second-order valence-electron chi connectivity index (χ2n) is 7.86. The molecule has 0 spiro atoms. The van der Waals surface area contributed by atoms with E-state index < -0.39 is 18.9 Å². The fourth-order valence-corrected chi connectivity index (χ4v) is 4.74. The summed E-state index contributed by atoms with van der Waals surface area (Å²) in [7, 11) is 0. The third-order valence-corrected chi connectivity index (χ3v) is 6.20. The van der Waals surface area contributed by atoms with Crippen molar-refractivity contribution in [2.45, 2.75) is 50.5 Å². The number of alkyl halides is 4. The van der Waals surface area contributed by atoms with Gasteiger partial charge in [-0.1, -0.05) is 6.42 Å². The summed E-state index contributed by atoms with van der Waals surface area (Å²) in [5.41, 5.74) is 6.26. The van der Waals surface area contributed by atoms with Gasteiger partial charge in [-0.15, -0.1) is 24.8 Å². The van der Waals surface area contributed by atoms with Crippen LogP contribution in [-0.4, -0.2) is 66.8 Å². The minimum absolute atomic E-state index is 0. The highest BCUT2D eigenvalue weighted by Crippen LogP contribution is 2.42. The number of piperazine rings is 1. The zero-order valence-electron chi connectivity index (χ0n) is 15.2. The van der Waals surface area contributed by atoms with Crippen LogP contribution < -0.4 is 5.73 Å². The van der Waals surface area contributed by atoms with Crippen molar-refractivity contribution in [3.8, 4) is 0 Å². The molecule has 2 N–H and O–H groups in total. The van der Waals surface area contributed by atoms with Crippen LogP contribution in [0.1, 0.15) is 32.1 Å². The maximum Gasteiger partial charge on any atom is 0.319 e. The van der Waals surface area contributed by atoms with Crippen molar-refractivity contribution < 1.29 is 22.4 Å². The Bertz CT molecular complexity index is 479. The highest BCUT2D eigenvalue weighted by atomic mass is 35.5. The number of nitrogens with two attached hydrogens (primary N) is 1. The van der Waals surface area contributed by atoms with E-state index in [0.29, 0.717) is 24.9 Å². The van der Waals surface area contributed by atoms with Crippen LogP contribution in [0.25, 0.3) is 0 Å². The first-order chi connectivity index (χ1) is 11.8. The molecule has 2 aliphatic carbocycles. The molecule has 160 valence electrons. The standard InChI is InChI=1S/C17H27F4N3O.2ClH/c18-16(19)17(20,21)10-23-4-6-24(7-5-23)15(25)13-8-11-2-1-3-12(9-13)14(11)22;;/h11-14,16H,1-10,22H2;2*1H. The van der Waals surface area contributed by atoms with Gasteiger partial charge >= 0.3 is 12.3 Å². The van der Waals surface area contributed by atoms with Crippen LogP contribution in [0.3, 0.4) is 0 Å². The zero-order chi connectivity index (χ0) is 18.2. The SMILES string of the molecule is Cl.Cl.NC1C2CCCC1CC(C(=O)N1CCN(CC(F)(F)C(F)F)CC1)C2. The molecule has 1 saturated heterocycles. The van der Waals surface area contributed by atoms with Gasteiger partial charge in [0.2, 0.25) is 5.91 Å². The minimum atomic E-state index is -4.00. The third kappa shape index (κ3) is 5.61. The first kappa shape index (κ1) is 24.7. The number of halogens is 6. The van der Waals surface area contributed by atoms with Crippen LogP contribution >= 0.6 is 24.8 Å². The van der Waals surface area contributed by atoms with Crippen molar-refractivity contribution in [1.29, 1.82) is 0 Å². The first-order valence-electron chi connectivity index (χ1n) is 9.20. The molecule has 1 aliphatic heterocycles. The summed E-state index contributed by atoms with van der Waals surface area (Å²) in [6.07, 6.45) is 1.33. The van der Waals surface area contributed by atoms with Gasteiger partial charge in [0.15, 0.2) is 0 Å². The fraction of sp³-hybridized carbons (Fsp3) is 0.941. The average Bonchev–Trinajstić information content (AvgIpc) is 2.54. The molecule has 3 rings (SSSR count). The molecule has 2 bridgehead atoms. The number of rotatable bonds is 4. The highest BCUT2D eigenvalue weighted by Gasteiger charge is 2.44. The molecule has 0 radical (unpaired) electrons.